The molecule has 0 heterocycles. The molecule has 0 atom stereocenters. The minimum absolute atomic E-state index is 0.0292. The lowest BCUT2D eigenvalue weighted by atomic mass is 10.3. The standard InChI is InChI=1S/C7H6ClF3N2S/c8-5-3-4(14-7(9,10)11)1-2-6(5)13-12/h1-3,13H,12H2. The summed E-state index contributed by atoms with van der Waals surface area (Å²) in [6.07, 6.45) is 0. The van der Waals surface area contributed by atoms with E-state index in [-0.39, 0.29) is 21.7 Å². The predicted molar refractivity (Wildman–Crippen MR) is 51.2 cm³/mol. The highest BCUT2D eigenvalue weighted by Gasteiger charge is 2.29. The van der Waals surface area contributed by atoms with Crippen molar-refractivity contribution < 1.29 is 13.2 Å². The Bertz CT molecular complexity index is 329. The van der Waals surface area contributed by atoms with E-state index in [9.17, 15) is 13.2 Å². The number of hydrogen-bond donors (Lipinski definition) is 2. The number of anilines is 1. The fraction of sp³-hybridized carbons (Fsp3) is 0.143. The molecule has 7 heteroatoms. The van der Waals surface area contributed by atoms with Gasteiger partial charge in [-0.25, -0.2) is 0 Å². The molecule has 1 aromatic rings. The summed E-state index contributed by atoms with van der Waals surface area (Å²) in [4.78, 5) is 0.0292. The van der Waals surface area contributed by atoms with Crippen LogP contribution in [0.5, 0.6) is 0 Å². The minimum Gasteiger partial charge on any atom is -0.323 e. The van der Waals surface area contributed by atoms with Gasteiger partial charge >= 0.3 is 5.51 Å². The summed E-state index contributed by atoms with van der Waals surface area (Å²) in [6, 6.07) is 3.88. The molecule has 0 radical (unpaired) electrons. The average molecular weight is 243 g/mol. The van der Waals surface area contributed by atoms with Gasteiger partial charge in [0.15, 0.2) is 0 Å². The molecule has 1 aromatic carbocycles. The number of thioether (sulfide) groups is 1. The Labute approximate surface area is 87.6 Å². The van der Waals surface area contributed by atoms with Gasteiger partial charge in [0.05, 0.1) is 10.7 Å². The first-order chi connectivity index (χ1) is 6.42. The summed E-state index contributed by atoms with van der Waals surface area (Å²) in [6.45, 7) is 0. The molecule has 0 aliphatic rings. The van der Waals surface area contributed by atoms with Gasteiger partial charge in [0.1, 0.15) is 0 Å². The molecule has 2 nitrogen and oxygen atoms in total. The predicted octanol–water partition coefficient (Wildman–Crippen LogP) is 3.24. The van der Waals surface area contributed by atoms with E-state index in [1.54, 1.807) is 0 Å². The number of nitrogens with one attached hydrogen (secondary N) is 1. The van der Waals surface area contributed by atoms with Gasteiger partial charge in [0.2, 0.25) is 0 Å². The summed E-state index contributed by atoms with van der Waals surface area (Å²) in [5.41, 5.74) is -1.65. The maximum Gasteiger partial charge on any atom is 0.446 e. The van der Waals surface area contributed by atoms with Crippen molar-refractivity contribution in [3.8, 4) is 0 Å². The van der Waals surface area contributed by atoms with E-state index in [4.69, 9.17) is 17.4 Å². The van der Waals surface area contributed by atoms with Crippen molar-refractivity contribution in [1.82, 2.24) is 0 Å². The van der Waals surface area contributed by atoms with Gasteiger partial charge in [0.25, 0.3) is 0 Å². The molecule has 0 aliphatic carbocycles. The first-order valence-electron chi connectivity index (χ1n) is 3.44. The molecule has 0 saturated carbocycles. The van der Waals surface area contributed by atoms with Crippen LogP contribution in [0.15, 0.2) is 23.1 Å². The molecule has 3 N–H and O–H groups in total. The van der Waals surface area contributed by atoms with Crippen molar-refractivity contribution in [2.24, 2.45) is 5.84 Å². The van der Waals surface area contributed by atoms with Crippen LogP contribution in [-0.4, -0.2) is 5.51 Å². The maximum absolute atomic E-state index is 11.9. The van der Waals surface area contributed by atoms with Crippen LogP contribution in [0.2, 0.25) is 5.02 Å². The fourth-order valence-electron chi connectivity index (χ4n) is 0.810. The van der Waals surface area contributed by atoms with Crippen LogP contribution < -0.4 is 11.3 Å². The summed E-state index contributed by atoms with van der Waals surface area (Å²) in [7, 11) is 0. The van der Waals surface area contributed by atoms with Crippen LogP contribution in [0.25, 0.3) is 0 Å². The number of nitrogens with two attached hydrogens (primary N) is 1. The van der Waals surface area contributed by atoms with Crippen molar-refractivity contribution >= 4 is 29.1 Å². The second-order valence-corrected chi connectivity index (χ2v) is 3.88. The number of benzene rings is 1. The number of alkyl halides is 3. The lowest BCUT2D eigenvalue weighted by molar-refractivity contribution is -0.0328. The normalized spacial score (nSPS) is 11.5. The molecule has 0 saturated heterocycles. The Kier molecular flexibility index (Phi) is 3.52. The van der Waals surface area contributed by atoms with Crippen molar-refractivity contribution in [3.05, 3.63) is 23.2 Å². The largest absolute Gasteiger partial charge is 0.446 e. The number of halogens is 4. The molecule has 0 spiro atoms. The van der Waals surface area contributed by atoms with E-state index in [0.29, 0.717) is 5.69 Å². The smallest absolute Gasteiger partial charge is 0.323 e. The Morgan fingerprint density at radius 1 is 1.36 bits per heavy atom. The summed E-state index contributed by atoms with van der Waals surface area (Å²) in [5.74, 6) is 5.06. The molecule has 0 aliphatic heterocycles. The third-order valence-electron chi connectivity index (χ3n) is 1.33. The van der Waals surface area contributed by atoms with Crippen molar-refractivity contribution in [2.75, 3.05) is 5.43 Å². The molecular weight excluding hydrogens is 237 g/mol. The number of rotatable bonds is 2. The lowest BCUT2D eigenvalue weighted by Crippen LogP contribution is -2.07. The van der Waals surface area contributed by atoms with Gasteiger partial charge in [-0.2, -0.15) is 13.2 Å². The van der Waals surface area contributed by atoms with E-state index < -0.39 is 5.51 Å². The SMILES string of the molecule is NNc1ccc(SC(F)(F)F)cc1Cl. The van der Waals surface area contributed by atoms with Gasteiger partial charge in [0, 0.05) is 4.90 Å². The van der Waals surface area contributed by atoms with Crippen LogP contribution in [0, 0.1) is 0 Å². The van der Waals surface area contributed by atoms with Crippen molar-refractivity contribution in [3.63, 3.8) is 0 Å². The quantitative estimate of drug-likeness (QED) is 0.475. The Morgan fingerprint density at radius 2 is 2.00 bits per heavy atom. The zero-order chi connectivity index (χ0) is 10.8. The second kappa shape index (κ2) is 4.29. The molecule has 0 fully saturated rings. The highest BCUT2D eigenvalue weighted by Crippen LogP contribution is 2.38. The van der Waals surface area contributed by atoms with Gasteiger partial charge < -0.3 is 5.43 Å². The van der Waals surface area contributed by atoms with Crippen LogP contribution in [-0.2, 0) is 0 Å². The second-order valence-electron chi connectivity index (χ2n) is 2.33. The summed E-state index contributed by atoms with van der Waals surface area (Å²) in [5, 5.41) is 0.154. The Hall–Kier alpha value is -0.590. The third-order valence-corrected chi connectivity index (χ3v) is 2.36. The number of nitrogen functional groups attached to an aromatic ring is 1. The van der Waals surface area contributed by atoms with Gasteiger partial charge in [-0.1, -0.05) is 11.6 Å². The first-order valence-corrected chi connectivity index (χ1v) is 4.64. The van der Waals surface area contributed by atoms with Crippen molar-refractivity contribution in [2.45, 2.75) is 10.4 Å². The Balaban J connectivity index is 2.87. The zero-order valence-corrected chi connectivity index (χ0v) is 8.30. The monoisotopic (exact) mass is 242 g/mol. The molecule has 0 unspecified atom stereocenters. The average Bonchev–Trinajstić information content (AvgIpc) is 2.01. The Morgan fingerprint density at radius 3 is 2.43 bits per heavy atom. The summed E-state index contributed by atoms with van der Waals surface area (Å²) >= 11 is 5.42. The lowest BCUT2D eigenvalue weighted by Gasteiger charge is -2.07. The summed E-state index contributed by atoms with van der Waals surface area (Å²) < 4.78 is 35.8. The molecule has 0 bridgehead atoms. The van der Waals surface area contributed by atoms with E-state index >= 15 is 0 Å². The molecule has 1 rings (SSSR count). The molecule has 0 amide bonds. The maximum atomic E-state index is 11.9. The highest BCUT2D eigenvalue weighted by atomic mass is 35.5. The van der Waals surface area contributed by atoms with Crippen LogP contribution in [0.4, 0.5) is 18.9 Å². The highest BCUT2D eigenvalue weighted by molar-refractivity contribution is 8.00. The van der Waals surface area contributed by atoms with Gasteiger partial charge in [-0.05, 0) is 30.0 Å². The number of hydrazine groups is 1. The van der Waals surface area contributed by atoms with E-state index in [1.165, 1.54) is 18.2 Å². The fourth-order valence-corrected chi connectivity index (χ4v) is 1.69. The van der Waals surface area contributed by atoms with Crippen LogP contribution in [0.1, 0.15) is 0 Å². The van der Waals surface area contributed by atoms with Gasteiger partial charge in [-0.15, -0.1) is 0 Å². The third kappa shape index (κ3) is 3.28. The minimum atomic E-state index is -4.30. The van der Waals surface area contributed by atoms with Crippen LogP contribution >= 0.6 is 23.4 Å². The van der Waals surface area contributed by atoms with E-state index in [0.717, 1.165) is 0 Å². The van der Waals surface area contributed by atoms with Crippen LogP contribution in [0.3, 0.4) is 0 Å². The van der Waals surface area contributed by atoms with Gasteiger partial charge in [-0.3, -0.25) is 5.84 Å². The van der Waals surface area contributed by atoms with E-state index in [2.05, 4.69) is 5.43 Å². The zero-order valence-electron chi connectivity index (χ0n) is 6.73. The molecule has 0 aromatic heterocycles. The molecule has 78 valence electrons. The number of hydrogen-bond acceptors (Lipinski definition) is 3. The first kappa shape index (κ1) is 11.5. The molecular formula is C7H6ClF3N2S. The van der Waals surface area contributed by atoms with Crippen molar-refractivity contribution in [1.29, 1.82) is 0 Å². The topological polar surface area (TPSA) is 38.0 Å². The van der Waals surface area contributed by atoms with E-state index in [1.807, 2.05) is 0 Å². The molecule has 14 heavy (non-hydrogen) atoms.